The molecule has 20 heavy (non-hydrogen) atoms. The predicted octanol–water partition coefficient (Wildman–Crippen LogP) is 3.12. The molecule has 104 valence electrons. The Labute approximate surface area is 119 Å². The van der Waals surface area contributed by atoms with Crippen molar-refractivity contribution < 1.29 is 4.42 Å². The smallest absolute Gasteiger partial charge is 0.196 e. The number of nitrogens with one attached hydrogen (secondary N) is 1. The molecule has 0 unspecified atom stereocenters. The first-order valence-corrected chi connectivity index (χ1v) is 7.69. The maximum atomic E-state index is 5.88. The van der Waals surface area contributed by atoms with Crippen LogP contribution in [0.25, 0.3) is 11.3 Å². The third-order valence-corrected chi connectivity index (χ3v) is 4.29. The maximum Gasteiger partial charge on any atom is 0.196 e. The highest BCUT2D eigenvalue weighted by Gasteiger charge is 2.20. The zero-order valence-electron chi connectivity index (χ0n) is 11.7. The quantitative estimate of drug-likeness (QED) is 0.905. The topological polar surface area (TPSA) is 38.1 Å². The zero-order chi connectivity index (χ0) is 13.4. The zero-order valence-corrected chi connectivity index (χ0v) is 11.7. The molecule has 0 spiro atoms. The van der Waals surface area contributed by atoms with E-state index in [-0.39, 0.29) is 0 Å². The minimum Gasteiger partial charge on any atom is -0.441 e. The second kappa shape index (κ2) is 5.06. The van der Waals surface area contributed by atoms with Crippen molar-refractivity contribution in [3.8, 4) is 11.3 Å². The molecule has 1 aromatic heterocycles. The molecule has 0 amide bonds. The number of oxazole rings is 1. The number of benzene rings is 1. The second-order valence-electron chi connectivity index (χ2n) is 5.93. The summed E-state index contributed by atoms with van der Waals surface area (Å²) in [6.45, 7) is 0.967. The van der Waals surface area contributed by atoms with Crippen molar-refractivity contribution in [2.45, 2.75) is 44.6 Å². The van der Waals surface area contributed by atoms with Gasteiger partial charge in [0, 0.05) is 24.6 Å². The van der Waals surface area contributed by atoms with Crippen LogP contribution < -0.4 is 5.32 Å². The predicted molar refractivity (Wildman–Crippen MR) is 78.7 cm³/mol. The Morgan fingerprint density at radius 1 is 1.20 bits per heavy atom. The van der Waals surface area contributed by atoms with Crippen molar-refractivity contribution in [2.24, 2.45) is 0 Å². The maximum absolute atomic E-state index is 5.88. The highest BCUT2D eigenvalue weighted by atomic mass is 16.4. The molecular formula is C17H20N2O. The summed E-state index contributed by atoms with van der Waals surface area (Å²) in [4.78, 5) is 4.40. The first kappa shape index (κ1) is 12.2. The van der Waals surface area contributed by atoms with E-state index in [9.17, 15) is 0 Å². The van der Waals surface area contributed by atoms with Crippen LogP contribution in [0.4, 0.5) is 0 Å². The summed E-state index contributed by atoms with van der Waals surface area (Å²) in [7, 11) is 0. The van der Waals surface area contributed by atoms with Gasteiger partial charge in [0.05, 0.1) is 6.20 Å². The molecule has 0 radical (unpaired) electrons. The molecular weight excluding hydrogens is 248 g/mol. The van der Waals surface area contributed by atoms with Crippen LogP contribution in [0, 0.1) is 0 Å². The Hall–Kier alpha value is -1.61. The Balaban J connectivity index is 1.46. The van der Waals surface area contributed by atoms with Gasteiger partial charge in [-0.05, 0) is 49.3 Å². The van der Waals surface area contributed by atoms with Crippen molar-refractivity contribution in [1.82, 2.24) is 10.3 Å². The Morgan fingerprint density at radius 2 is 2.10 bits per heavy atom. The van der Waals surface area contributed by atoms with Gasteiger partial charge in [-0.2, -0.15) is 0 Å². The molecule has 1 heterocycles. The van der Waals surface area contributed by atoms with E-state index in [1.807, 2.05) is 6.20 Å². The van der Waals surface area contributed by atoms with Crippen molar-refractivity contribution in [3.05, 3.63) is 41.4 Å². The van der Waals surface area contributed by atoms with Crippen molar-refractivity contribution >= 4 is 0 Å². The van der Waals surface area contributed by atoms with Crippen LogP contribution in [0.5, 0.6) is 0 Å². The molecule has 0 aliphatic heterocycles. The number of aromatic nitrogens is 1. The van der Waals surface area contributed by atoms with Gasteiger partial charge in [-0.3, -0.25) is 0 Å². The standard InChI is InChI=1S/C17H20N2O/c1-2-12-4-5-14(10-13(12)3-1)16-11-19-17(20-16)8-9-18-15-6-7-15/h4-5,10-11,15,18H,1-3,6-9H2. The van der Waals surface area contributed by atoms with E-state index in [0.717, 1.165) is 30.7 Å². The molecule has 1 fully saturated rings. The first-order chi connectivity index (χ1) is 9.88. The molecule has 3 nitrogen and oxygen atoms in total. The summed E-state index contributed by atoms with van der Waals surface area (Å²) < 4.78 is 5.88. The largest absolute Gasteiger partial charge is 0.441 e. The van der Waals surface area contributed by atoms with Gasteiger partial charge in [0.2, 0.25) is 0 Å². The van der Waals surface area contributed by atoms with Gasteiger partial charge in [0.25, 0.3) is 0 Å². The Kier molecular flexibility index (Phi) is 3.07. The molecule has 1 N–H and O–H groups in total. The third kappa shape index (κ3) is 2.50. The van der Waals surface area contributed by atoms with E-state index in [4.69, 9.17) is 4.42 Å². The molecule has 1 saturated carbocycles. The summed E-state index contributed by atoms with van der Waals surface area (Å²) in [6, 6.07) is 7.43. The summed E-state index contributed by atoms with van der Waals surface area (Å²) in [5.74, 6) is 1.75. The molecule has 2 aliphatic carbocycles. The third-order valence-electron chi connectivity index (χ3n) is 4.29. The Bertz CT molecular complexity index is 613. The lowest BCUT2D eigenvalue weighted by Gasteiger charge is -2.02. The summed E-state index contributed by atoms with van der Waals surface area (Å²) in [6.07, 6.45) is 9.11. The van der Waals surface area contributed by atoms with Gasteiger partial charge in [-0.15, -0.1) is 0 Å². The van der Waals surface area contributed by atoms with E-state index in [2.05, 4.69) is 28.5 Å². The molecule has 2 aliphatic rings. The van der Waals surface area contributed by atoms with Crippen molar-refractivity contribution in [2.75, 3.05) is 6.54 Å². The molecule has 4 rings (SSSR count). The van der Waals surface area contributed by atoms with Crippen molar-refractivity contribution in [3.63, 3.8) is 0 Å². The van der Waals surface area contributed by atoms with Gasteiger partial charge in [-0.25, -0.2) is 4.98 Å². The molecule has 3 heteroatoms. The molecule has 1 aromatic carbocycles. The summed E-state index contributed by atoms with van der Waals surface area (Å²) >= 11 is 0. The van der Waals surface area contributed by atoms with Crippen LogP contribution in [0.15, 0.2) is 28.8 Å². The fourth-order valence-corrected chi connectivity index (χ4v) is 2.96. The minimum absolute atomic E-state index is 0.751. The molecule has 0 saturated heterocycles. The number of nitrogens with zero attached hydrogens (tertiary/aromatic N) is 1. The fourth-order valence-electron chi connectivity index (χ4n) is 2.96. The molecule has 0 atom stereocenters. The van der Waals surface area contributed by atoms with Gasteiger partial charge in [0.1, 0.15) is 0 Å². The number of hydrogen-bond donors (Lipinski definition) is 1. The van der Waals surface area contributed by atoms with Crippen LogP contribution >= 0.6 is 0 Å². The van der Waals surface area contributed by atoms with E-state index < -0.39 is 0 Å². The van der Waals surface area contributed by atoms with Gasteiger partial charge >= 0.3 is 0 Å². The van der Waals surface area contributed by atoms with E-state index in [0.29, 0.717) is 0 Å². The lowest BCUT2D eigenvalue weighted by Crippen LogP contribution is -2.19. The number of aryl methyl sites for hydroxylation is 2. The lowest BCUT2D eigenvalue weighted by molar-refractivity contribution is 0.494. The minimum atomic E-state index is 0.751. The average molecular weight is 268 g/mol. The second-order valence-corrected chi connectivity index (χ2v) is 5.93. The van der Waals surface area contributed by atoms with E-state index in [1.54, 1.807) is 0 Å². The fraction of sp³-hybridized carbons (Fsp3) is 0.471. The van der Waals surface area contributed by atoms with Crippen LogP contribution in [0.2, 0.25) is 0 Å². The highest BCUT2D eigenvalue weighted by Crippen LogP contribution is 2.28. The molecule has 0 bridgehead atoms. The lowest BCUT2D eigenvalue weighted by atomic mass is 10.1. The first-order valence-electron chi connectivity index (χ1n) is 7.69. The van der Waals surface area contributed by atoms with Gasteiger partial charge in [-0.1, -0.05) is 12.1 Å². The van der Waals surface area contributed by atoms with Crippen LogP contribution in [-0.2, 0) is 19.3 Å². The molecule has 2 aromatic rings. The summed E-state index contributed by atoms with van der Waals surface area (Å²) in [5, 5.41) is 3.49. The monoisotopic (exact) mass is 268 g/mol. The number of fused-ring (bicyclic) bond motifs is 1. The van der Waals surface area contributed by atoms with E-state index >= 15 is 0 Å². The average Bonchev–Trinajstić information content (AvgIpc) is 2.99. The van der Waals surface area contributed by atoms with Crippen molar-refractivity contribution in [1.29, 1.82) is 0 Å². The summed E-state index contributed by atoms with van der Waals surface area (Å²) in [5.41, 5.74) is 4.15. The number of rotatable bonds is 5. The van der Waals surface area contributed by atoms with Gasteiger partial charge in [0.15, 0.2) is 11.7 Å². The van der Waals surface area contributed by atoms with Crippen LogP contribution in [0.1, 0.15) is 36.3 Å². The normalized spacial score (nSPS) is 17.4. The number of hydrogen-bond acceptors (Lipinski definition) is 3. The van der Waals surface area contributed by atoms with E-state index in [1.165, 1.54) is 48.8 Å². The Morgan fingerprint density at radius 3 is 3.00 bits per heavy atom. The van der Waals surface area contributed by atoms with Crippen LogP contribution in [0.3, 0.4) is 0 Å². The SMILES string of the molecule is c1cc2c(cc1-c1cnc(CCNC3CC3)o1)CCC2. The highest BCUT2D eigenvalue weighted by molar-refractivity contribution is 5.59. The van der Waals surface area contributed by atoms with Gasteiger partial charge < -0.3 is 9.73 Å². The van der Waals surface area contributed by atoms with Crippen LogP contribution in [-0.4, -0.2) is 17.6 Å².